The van der Waals surface area contributed by atoms with E-state index in [1.165, 1.54) is 12.6 Å². The summed E-state index contributed by atoms with van der Waals surface area (Å²) in [6.45, 7) is 0.537. The van der Waals surface area contributed by atoms with Gasteiger partial charge in [-0.15, -0.1) is 0 Å². The highest BCUT2D eigenvalue weighted by molar-refractivity contribution is 5.83. The maximum atomic E-state index is 13.1. The Morgan fingerprint density at radius 2 is 1.92 bits per heavy atom. The molecule has 1 aliphatic heterocycles. The molecule has 1 aromatic heterocycles. The molecule has 138 valence electrons. The average molecular weight is 358 g/mol. The van der Waals surface area contributed by atoms with E-state index in [9.17, 15) is 14.0 Å². The molecule has 3 rings (SSSR count). The Kier molecular flexibility index (Phi) is 6.23. The Balaban J connectivity index is 0.000000199. The minimum Gasteiger partial charge on any atom is -0.487 e. The second kappa shape index (κ2) is 8.19. The number of halogens is 1. The number of carboxylic acid groups (broad SMARTS) is 2. The second-order valence-electron chi connectivity index (χ2n) is 5.87. The monoisotopic (exact) mass is 358 g/mol. The number of aromatic nitrogens is 1. The first-order valence-electron chi connectivity index (χ1n) is 7.60. The Bertz CT molecular complexity index is 602. The van der Waals surface area contributed by atoms with Gasteiger partial charge in [0.05, 0.1) is 0 Å². The minimum atomic E-state index is -2.27. The summed E-state index contributed by atoms with van der Waals surface area (Å²) in [5.74, 6) is -2.97. The predicted molar refractivity (Wildman–Crippen MR) is 80.4 cm³/mol. The summed E-state index contributed by atoms with van der Waals surface area (Å²) < 4.78 is 18.5. The van der Waals surface area contributed by atoms with Crippen molar-refractivity contribution in [3.05, 3.63) is 24.3 Å². The van der Waals surface area contributed by atoms with Gasteiger partial charge in [0.2, 0.25) is 0 Å². The number of hydrogen-bond acceptors (Lipinski definition) is 7. The number of aliphatic carboxylic acids is 2. The van der Waals surface area contributed by atoms with Gasteiger partial charge in [0.25, 0.3) is 5.95 Å². The molecule has 0 spiro atoms. The summed E-state index contributed by atoms with van der Waals surface area (Å²) in [6, 6.07) is 4.38. The molecule has 1 saturated carbocycles. The van der Waals surface area contributed by atoms with Crippen LogP contribution in [0.25, 0.3) is 0 Å². The van der Waals surface area contributed by atoms with Crippen LogP contribution in [0.2, 0.25) is 0 Å². The Morgan fingerprint density at radius 1 is 1.28 bits per heavy atom. The number of nitrogens with zero attached hydrogens (tertiary/aromatic N) is 1. The molecule has 0 amide bonds. The largest absolute Gasteiger partial charge is 0.487 e. The van der Waals surface area contributed by atoms with Crippen molar-refractivity contribution in [1.82, 2.24) is 10.3 Å². The Labute approximate surface area is 142 Å². The molecular weight excluding hydrogens is 339 g/mol. The number of rotatable bonds is 6. The van der Waals surface area contributed by atoms with Crippen molar-refractivity contribution in [3.63, 3.8) is 0 Å². The van der Waals surface area contributed by atoms with Crippen LogP contribution in [0, 0.1) is 11.9 Å². The predicted octanol–water partition coefficient (Wildman–Crippen LogP) is -0.773. The lowest BCUT2D eigenvalue weighted by atomic mass is 10.2. The van der Waals surface area contributed by atoms with Crippen molar-refractivity contribution < 1.29 is 39.1 Å². The van der Waals surface area contributed by atoms with E-state index in [-0.39, 0.29) is 5.75 Å². The second-order valence-corrected chi connectivity index (χ2v) is 5.87. The van der Waals surface area contributed by atoms with Crippen molar-refractivity contribution in [2.24, 2.45) is 5.92 Å². The van der Waals surface area contributed by atoms with Gasteiger partial charge in [0, 0.05) is 18.3 Å². The van der Waals surface area contributed by atoms with Crippen LogP contribution in [0.3, 0.4) is 0 Å². The standard InChI is InChI=1S/C11H13FN2O.C4H6O6/c12-11-10(2-1-3-13-11)15-6-8-4-7-5-9(7)14-8;5-1(3(7)8)2(6)4(9)10/h1-3,7-9,14H,4-6H2;1-2,5-6H,(H,7,8)(H,9,10)/t7-,8-,9+;/m0./s1. The summed E-state index contributed by atoms with van der Waals surface area (Å²) in [4.78, 5) is 23.1. The minimum absolute atomic E-state index is 0.250. The van der Waals surface area contributed by atoms with Crippen molar-refractivity contribution in [2.75, 3.05) is 6.61 Å². The van der Waals surface area contributed by atoms with E-state index in [0.29, 0.717) is 18.7 Å². The number of hydrogen-bond donors (Lipinski definition) is 5. The van der Waals surface area contributed by atoms with Crippen LogP contribution >= 0.6 is 0 Å². The molecule has 1 saturated heterocycles. The Hall–Kier alpha value is -2.30. The van der Waals surface area contributed by atoms with E-state index in [0.717, 1.165) is 12.3 Å². The number of carbonyl (C=O) groups is 2. The van der Waals surface area contributed by atoms with E-state index in [2.05, 4.69) is 10.3 Å². The van der Waals surface area contributed by atoms with Crippen molar-refractivity contribution in [1.29, 1.82) is 0 Å². The van der Waals surface area contributed by atoms with Gasteiger partial charge in [-0.25, -0.2) is 14.6 Å². The molecule has 5 atom stereocenters. The number of piperidine rings is 1. The Morgan fingerprint density at radius 3 is 2.40 bits per heavy atom. The van der Waals surface area contributed by atoms with E-state index in [1.807, 2.05) is 0 Å². The molecule has 1 aliphatic carbocycles. The molecular formula is C15H19FN2O7. The van der Waals surface area contributed by atoms with Gasteiger partial charge in [0.15, 0.2) is 18.0 Å². The molecule has 2 heterocycles. The van der Waals surface area contributed by atoms with Crippen LogP contribution in [0.1, 0.15) is 12.8 Å². The van der Waals surface area contributed by atoms with Gasteiger partial charge in [-0.3, -0.25) is 0 Å². The molecule has 0 bridgehead atoms. The number of nitrogens with one attached hydrogen (secondary N) is 1. The zero-order valence-corrected chi connectivity index (χ0v) is 13.1. The zero-order valence-electron chi connectivity index (χ0n) is 13.1. The van der Waals surface area contributed by atoms with E-state index in [4.69, 9.17) is 25.2 Å². The van der Waals surface area contributed by atoms with Crippen LogP contribution < -0.4 is 10.1 Å². The summed E-state index contributed by atoms with van der Waals surface area (Å²) >= 11 is 0. The lowest BCUT2D eigenvalue weighted by Gasteiger charge is -2.14. The molecule has 25 heavy (non-hydrogen) atoms. The molecule has 0 aromatic carbocycles. The number of aliphatic hydroxyl groups excluding tert-OH is 2. The van der Waals surface area contributed by atoms with E-state index < -0.39 is 30.1 Å². The van der Waals surface area contributed by atoms with Crippen LogP contribution in [-0.2, 0) is 9.59 Å². The molecule has 1 aromatic rings. The quantitative estimate of drug-likeness (QED) is 0.413. The number of pyridine rings is 1. The molecule has 2 fully saturated rings. The van der Waals surface area contributed by atoms with Gasteiger partial charge in [-0.1, -0.05) is 0 Å². The summed E-state index contributed by atoms with van der Waals surface area (Å²) in [5, 5.41) is 36.0. The van der Waals surface area contributed by atoms with Gasteiger partial charge < -0.3 is 30.5 Å². The first-order chi connectivity index (χ1) is 11.8. The maximum Gasteiger partial charge on any atom is 0.335 e. The van der Waals surface area contributed by atoms with Gasteiger partial charge in [-0.05, 0) is 30.9 Å². The highest BCUT2D eigenvalue weighted by atomic mass is 19.1. The highest BCUT2D eigenvalue weighted by Crippen LogP contribution is 2.40. The first-order valence-corrected chi connectivity index (χ1v) is 7.60. The van der Waals surface area contributed by atoms with Gasteiger partial charge in [-0.2, -0.15) is 4.39 Å². The summed E-state index contributed by atoms with van der Waals surface area (Å²) in [6.07, 6.45) is -0.648. The van der Waals surface area contributed by atoms with Crippen molar-refractivity contribution in [3.8, 4) is 5.75 Å². The highest BCUT2D eigenvalue weighted by Gasteiger charge is 2.45. The number of ether oxygens (including phenoxy) is 1. The fraction of sp³-hybridized carbons (Fsp3) is 0.533. The van der Waals surface area contributed by atoms with Crippen molar-refractivity contribution in [2.45, 2.75) is 37.1 Å². The number of fused-ring (bicyclic) bond motifs is 1. The first kappa shape index (κ1) is 19.0. The molecule has 2 aliphatic rings. The normalized spacial score (nSPS) is 25.8. The fourth-order valence-corrected chi connectivity index (χ4v) is 2.50. The lowest BCUT2D eigenvalue weighted by molar-refractivity contribution is -0.165. The molecule has 0 radical (unpaired) electrons. The fourth-order valence-electron chi connectivity index (χ4n) is 2.50. The third-order valence-corrected chi connectivity index (χ3v) is 3.93. The summed E-state index contributed by atoms with van der Waals surface area (Å²) in [5.41, 5.74) is 0. The third-order valence-electron chi connectivity index (χ3n) is 3.93. The van der Waals surface area contributed by atoms with E-state index >= 15 is 0 Å². The smallest absolute Gasteiger partial charge is 0.335 e. The topological polar surface area (TPSA) is 149 Å². The molecule has 10 heteroatoms. The van der Waals surface area contributed by atoms with Crippen LogP contribution in [0.4, 0.5) is 4.39 Å². The van der Waals surface area contributed by atoms with Crippen LogP contribution in [-0.4, -0.2) is 68.2 Å². The zero-order chi connectivity index (χ0) is 18.6. The van der Waals surface area contributed by atoms with Crippen molar-refractivity contribution >= 4 is 11.9 Å². The SMILES string of the molecule is Fc1ncccc1OC[C@@H]1C[C@H]2C[C@H]2N1.O=C(O)C(O)C(O)C(=O)O. The number of aliphatic hydroxyl groups is 2. The number of carboxylic acids is 2. The summed E-state index contributed by atoms with van der Waals surface area (Å²) in [7, 11) is 0. The average Bonchev–Trinajstić information content (AvgIpc) is 3.19. The third kappa shape index (κ3) is 5.34. The van der Waals surface area contributed by atoms with Gasteiger partial charge in [0.1, 0.15) is 6.61 Å². The maximum absolute atomic E-state index is 13.1. The van der Waals surface area contributed by atoms with E-state index in [1.54, 1.807) is 12.1 Å². The molecule has 5 N–H and O–H groups in total. The molecule has 2 unspecified atom stereocenters. The van der Waals surface area contributed by atoms with Crippen LogP contribution in [0.15, 0.2) is 18.3 Å². The van der Waals surface area contributed by atoms with Gasteiger partial charge >= 0.3 is 11.9 Å². The lowest BCUT2D eigenvalue weighted by Crippen LogP contribution is -2.39. The van der Waals surface area contributed by atoms with Crippen LogP contribution in [0.5, 0.6) is 5.75 Å². The molecule has 9 nitrogen and oxygen atoms in total.